The predicted molar refractivity (Wildman–Crippen MR) is 90.3 cm³/mol. The first-order chi connectivity index (χ1) is 10.7. The fraction of sp³-hybridized carbons (Fsp3) is 1.00. The second-order valence-corrected chi connectivity index (χ2v) is 6.72. The summed E-state index contributed by atoms with van der Waals surface area (Å²) >= 11 is 0. The van der Waals surface area contributed by atoms with Crippen LogP contribution in [0.3, 0.4) is 0 Å². The third-order valence-corrected chi connectivity index (χ3v) is 5.00. The first-order valence-corrected chi connectivity index (χ1v) is 9.17. The van der Waals surface area contributed by atoms with Crippen LogP contribution in [0.2, 0.25) is 0 Å². The van der Waals surface area contributed by atoms with Crippen molar-refractivity contribution >= 4 is 0 Å². The van der Waals surface area contributed by atoms with Crippen molar-refractivity contribution in [1.82, 2.24) is 14.7 Å². The van der Waals surface area contributed by atoms with E-state index in [1.165, 1.54) is 38.9 Å². The summed E-state index contributed by atoms with van der Waals surface area (Å²) in [5, 5.41) is 9.94. The Bertz CT molecular complexity index is 288. The minimum Gasteiger partial charge on any atom is -0.389 e. The molecular weight excluding hydrogens is 278 g/mol. The molecule has 2 aliphatic rings. The SMILES string of the molecule is CCCN1CCC(N2CCN(CC(O)COCC)CC2)CC1. The van der Waals surface area contributed by atoms with Crippen LogP contribution in [0, 0.1) is 0 Å². The average Bonchev–Trinajstić information content (AvgIpc) is 2.55. The summed E-state index contributed by atoms with van der Waals surface area (Å²) < 4.78 is 5.29. The molecule has 0 radical (unpaired) electrons. The lowest BCUT2D eigenvalue weighted by atomic mass is 10.0. The first kappa shape index (κ1) is 18.1. The van der Waals surface area contributed by atoms with E-state index >= 15 is 0 Å². The van der Waals surface area contributed by atoms with Crippen LogP contribution in [0.5, 0.6) is 0 Å². The molecule has 0 aliphatic carbocycles. The largest absolute Gasteiger partial charge is 0.389 e. The summed E-state index contributed by atoms with van der Waals surface area (Å²) in [5.41, 5.74) is 0. The molecule has 2 fully saturated rings. The van der Waals surface area contributed by atoms with Gasteiger partial charge in [0.1, 0.15) is 0 Å². The van der Waals surface area contributed by atoms with E-state index in [-0.39, 0.29) is 6.10 Å². The van der Waals surface area contributed by atoms with Crippen molar-refractivity contribution in [2.75, 3.05) is 65.6 Å². The number of piperazine rings is 1. The summed E-state index contributed by atoms with van der Waals surface area (Å²) in [6.45, 7) is 14.4. The Hall–Kier alpha value is -0.200. The normalized spacial score (nSPS) is 24.7. The lowest BCUT2D eigenvalue weighted by Gasteiger charge is -2.43. The second kappa shape index (κ2) is 9.83. The van der Waals surface area contributed by atoms with E-state index in [0.29, 0.717) is 13.2 Å². The van der Waals surface area contributed by atoms with Gasteiger partial charge in [0.15, 0.2) is 0 Å². The highest BCUT2D eigenvalue weighted by Crippen LogP contribution is 2.18. The molecule has 0 aromatic carbocycles. The highest BCUT2D eigenvalue weighted by Gasteiger charge is 2.27. The van der Waals surface area contributed by atoms with Crippen molar-refractivity contribution in [2.45, 2.75) is 45.3 Å². The third-order valence-electron chi connectivity index (χ3n) is 5.00. The molecule has 0 saturated carbocycles. The van der Waals surface area contributed by atoms with Gasteiger partial charge in [0.05, 0.1) is 12.7 Å². The van der Waals surface area contributed by atoms with Crippen LogP contribution < -0.4 is 0 Å². The Kier molecular flexibility index (Phi) is 8.11. The van der Waals surface area contributed by atoms with Crippen LogP contribution in [0.4, 0.5) is 0 Å². The number of ether oxygens (including phenoxy) is 1. The zero-order chi connectivity index (χ0) is 15.8. The lowest BCUT2D eigenvalue weighted by Crippen LogP contribution is -2.54. The maximum absolute atomic E-state index is 9.94. The van der Waals surface area contributed by atoms with E-state index in [1.54, 1.807) is 0 Å². The smallest absolute Gasteiger partial charge is 0.0900 e. The molecule has 5 heteroatoms. The molecule has 2 heterocycles. The van der Waals surface area contributed by atoms with Gasteiger partial charge in [-0.05, 0) is 45.8 Å². The Balaban J connectivity index is 1.63. The zero-order valence-corrected chi connectivity index (χ0v) is 14.5. The fourth-order valence-corrected chi connectivity index (χ4v) is 3.74. The third kappa shape index (κ3) is 5.78. The van der Waals surface area contributed by atoms with Crippen LogP contribution in [0.15, 0.2) is 0 Å². The van der Waals surface area contributed by atoms with Gasteiger partial charge >= 0.3 is 0 Å². The van der Waals surface area contributed by atoms with Crippen LogP contribution >= 0.6 is 0 Å². The molecule has 5 nitrogen and oxygen atoms in total. The molecule has 2 saturated heterocycles. The van der Waals surface area contributed by atoms with Crippen LogP contribution in [-0.2, 0) is 4.74 Å². The van der Waals surface area contributed by atoms with Crippen LogP contribution in [0.25, 0.3) is 0 Å². The van der Waals surface area contributed by atoms with Crippen molar-refractivity contribution in [1.29, 1.82) is 0 Å². The molecule has 130 valence electrons. The Labute approximate surface area is 136 Å². The summed E-state index contributed by atoms with van der Waals surface area (Å²) in [5.74, 6) is 0. The molecule has 0 bridgehead atoms. The number of aliphatic hydroxyl groups excluding tert-OH is 1. The number of nitrogens with zero attached hydrogens (tertiary/aromatic N) is 3. The quantitative estimate of drug-likeness (QED) is 0.720. The monoisotopic (exact) mass is 313 g/mol. The molecule has 1 N–H and O–H groups in total. The van der Waals surface area contributed by atoms with Gasteiger partial charge in [-0.25, -0.2) is 0 Å². The van der Waals surface area contributed by atoms with Gasteiger partial charge in [-0.2, -0.15) is 0 Å². The topological polar surface area (TPSA) is 39.2 Å². The molecule has 22 heavy (non-hydrogen) atoms. The highest BCUT2D eigenvalue weighted by molar-refractivity contribution is 4.83. The van der Waals surface area contributed by atoms with Gasteiger partial charge in [0, 0.05) is 45.4 Å². The number of hydrogen-bond acceptors (Lipinski definition) is 5. The molecule has 2 rings (SSSR count). The van der Waals surface area contributed by atoms with E-state index in [9.17, 15) is 5.11 Å². The molecule has 1 atom stereocenters. The van der Waals surface area contributed by atoms with Gasteiger partial charge in [-0.15, -0.1) is 0 Å². The van der Waals surface area contributed by atoms with E-state index < -0.39 is 0 Å². The van der Waals surface area contributed by atoms with Crippen LogP contribution in [-0.4, -0.2) is 97.5 Å². The summed E-state index contributed by atoms with van der Waals surface area (Å²) in [6.07, 6.45) is 3.58. The van der Waals surface area contributed by atoms with Crippen molar-refractivity contribution in [3.63, 3.8) is 0 Å². The Morgan fingerprint density at radius 3 is 2.27 bits per heavy atom. The van der Waals surface area contributed by atoms with Gasteiger partial charge in [0.2, 0.25) is 0 Å². The summed E-state index contributed by atoms with van der Waals surface area (Å²) in [7, 11) is 0. The van der Waals surface area contributed by atoms with E-state index in [4.69, 9.17) is 4.74 Å². The molecule has 1 unspecified atom stereocenters. The highest BCUT2D eigenvalue weighted by atomic mass is 16.5. The molecule has 0 amide bonds. The van der Waals surface area contributed by atoms with E-state index in [0.717, 1.165) is 38.8 Å². The predicted octanol–water partition coefficient (Wildman–Crippen LogP) is 0.876. The number of piperidine rings is 1. The number of likely N-dealkylation sites (tertiary alicyclic amines) is 1. The maximum Gasteiger partial charge on any atom is 0.0900 e. The van der Waals surface area contributed by atoms with Gasteiger partial charge in [-0.3, -0.25) is 9.80 Å². The zero-order valence-electron chi connectivity index (χ0n) is 14.5. The van der Waals surface area contributed by atoms with Gasteiger partial charge < -0.3 is 14.7 Å². The molecule has 0 spiro atoms. The number of hydrogen-bond donors (Lipinski definition) is 1. The van der Waals surface area contributed by atoms with Crippen molar-refractivity contribution in [3.05, 3.63) is 0 Å². The maximum atomic E-state index is 9.94. The molecular formula is C17H35N3O2. The Morgan fingerprint density at radius 2 is 1.68 bits per heavy atom. The fourth-order valence-electron chi connectivity index (χ4n) is 3.74. The standard InChI is InChI=1S/C17H35N3O2/c1-3-7-18-8-5-16(6-9-18)20-12-10-19(11-13-20)14-17(21)15-22-4-2/h16-17,21H,3-15H2,1-2H3. The first-order valence-electron chi connectivity index (χ1n) is 9.17. The van der Waals surface area contributed by atoms with E-state index in [1.807, 2.05) is 6.92 Å². The average molecular weight is 313 g/mol. The summed E-state index contributed by atoms with van der Waals surface area (Å²) in [4.78, 5) is 7.66. The molecule has 0 aromatic heterocycles. The number of rotatable bonds is 8. The van der Waals surface area contributed by atoms with Crippen molar-refractivity contribution < 1.29 is 9.84 Å². The van der Waals surface area contributed by atoms with Gasteiger partial charge in [-0.1, -0.05) is 6.92 Å². The molecule has 0 aromatic rings. The Morgan fingerprint density at radius 1 is 1.00 bits per heavy atom. The second-order valence-electron chi connectivity index (χ2n) is 6.72. The van der Waals surface area contributed by atoms with Crippen LogP contribution in [0.1, 0.15) is 33.1 Å². The number of β-amino-alcohol motifs (C(OH)–C–C–N with tert-alkyl or cyclic N) is 1. The number of aliphatic hydroxyl groups is 1. The van der Waals surface area contributed by atoms with Gasteiger partial charge in [0.25, 0.3) is 0 Å². The molecule has 2 aliphatic heterocycles. The summed E-state index contributed by atoms with van der Waals surface area (Å²) in [6, 6.07) is 0.781. The minimum absolute atomic E-state index is 0.344. The minimum atomic E-state index is -0.344. The van der Waals surface area contributed by atoms with Crippen molar-refractivity contribution in [2.24, 2.45) is 0 Å². The van der Waals surface area contributed by atoms with Crippen molar-refractivity contribution in [3.8, 4) is 0 Å². The lowest BCUT2D eigenvalue weighted by molar-refractivity contribution is 0.00195. The van der Waals surface area contributed by atoms with E-state index in [2.05, 4.69) is 21.6 Å².